The van der Waals surface area contributed by atoms with E-state index in [1.165, 1.54) is 84.2 Å². The first-order valence-electron chi connectivity index (χ1n) is 9.50. The minimum atomic E-state index is -0.121. The third-order valence-corrected chi connectivity index (χ3v) is 4.64. The van der Waals surface area contributed by atoms with Crippen LogP contribution < -0.4 is 0 Å². The first-order valence-corrected chi connectivity index (χ1v) is 9.50. The average Bonchev–Trinajstić information content (AvgIpc) is 3.28. The van der Waals surface area contributed by atoms with E-state index in [-0.39, 0.29) is 5.97 Å². The van der Waals surface area contributed by atoms with Crippen molar-refractivity contribution in [3.63, 3.8) is 0 Å². The van der Waals surface area contributed by atoms with E-state index in [1.54, 1.807) is 0 Å². The van der Waals surface area contributed by atoms with Crippen LogP contribution in [0.4, 0.5) is 0 Å². The van der Waals surface area contributed by atoms with Crippen molar-refractivity contribution in [2.24, 2.45) is 0 Å². The zero-order valence-corrected chi connectivity index (χ0v) is 14.8. The SMILES string of the molecule is CCCCCCCCCCCCC[C@@H]1O[C@@H]1CCC(=O)OC. The van der Waals surface area contributed by atoms with Gasteiger partial charge in [-0.05, 0) is 12.8 Å². The summed E-state index contributed by atoms with van der Waals surface area (Å²) in [6, 6.07) is 0. The molecule has 2 atom stereocenters. The van der Waals surface area contributed by atoms with Crippen LogP contribution in [0.1, 0.15) is 96.8 Å². The first kappa shape index (κ1) is 19.5. The Morgan fingerprint density at radius 1 is 0.818 bits per heavy atom. The highest BCUT2D eigenvalue weighted by Crippen LogP contribution is 2.31. The molecule has 0 aliphatic carbocycles. The fourth-order valence-electron chi connectivity index (χ4n) is 3.06. The van der Waals surface area contributed by atoms with E-state index in [2.05, 4.69) is 11.7 Å². The van der Waals surface area contributed by atoms with Crippen LogP contribution in [0.25, 0.3) is 0 Å². The normalized spacial score (nSPS) is 20.1. The van der Waals surface area contributed by atoms with Crippen LogP contribution >= 0.6 is 0 Å². The van der Waals surface area contributed by atoms with Crippen LogP contribution in [-0.2, 0) is 14.3 Å². The summed E-state index contributed by atoms with van der Waals surface area (Å²) in [5.74, 6) is -0.121. The lowest BCUT2D eigenvalue weighted by atomic mass is 10.0. The molecular formula is C19H36O3. The summed E-state index contributed by atoms with van der Waals surface area (Å²) in [5.41, 5.74) is 0. The minimum absolute atomic E-state index is 0.121. The lowest BCUT2D eigenvalue weighted by Crippen LogP contribution is -2.03. The number of unbranched alkanes of at least 4 members (excludes halogenated alkanes) is 10. The highest BCUT2D eigenvalue weighted by atomic mass is 16.6. The molecule has 130 valence electrons. The number of rotatable bonds is 15. The van der Waals surface area contributed by atoms with Gasteiger partial charge in [0.25, 0.3) is 0 Å². The van der Waals surface area contributed by atoms with Crippen molar-refractivity contribution in [3.05, 3.63) is 0 Å². The molecule has 1 fully saturated rings. The summed E-state index contributed by atoms with van der Waals surface area (Å²) in [5, 5.41) is 0. The quantitative estimate of drug-likeness (QED) is 0.230. The molecule has 0 spiro atoms. The van der Waals surface area contributed by atoms with Gasteiger partial charge >= 0.3 is 5.97 Å². The van der Waals surface area contributed by atoms with E-state index in [9.17, 15) is 4.79 Å². The Balaban J connectivity index is 1.75. The van der Waals surface area contributed by atoms with E-state index in [0.29, 0.717) is 18.6 Å². The van der Waals surface area contributed by atoms with Crippen LogP contribution in [0.5, 0.6) is 0 Å². The molecule has 3 heteroatoms. The zero-order valence-electron chi connectivity index (χ0n) is 14.8. The van der Waals surface area contributed by atoms with E-state index >= 15 is 0 Å². The van der Waals surface area contributed by atoms with Crippen molar-refractivity contribution in [2.45, 2.75) is 109 Å². The summed E-state index contributed by atoms with van der Waals surface area (Å²) < 4.78 is 10.2. The number of carbonyl (C=O) groups is 1. The van der Waals surface area contributed by atoms with Gasteiger partial charge in [-0.15, -0.1) is 0 Å². The van der Waals surface area contributed by atoms with Crippen molar-refractivity contribution in [1.82, 2.24) is 0 Å². The van der Waals surface area contributed by atoms with E-state index in [1.807, 2.05) is 0 Å². The molecule has 0 aromatic rings. The molecule has 0 amide bonds. The van der Waals surface area contributed by atoms with Gasteiger partial charge in [-0.3, -0.25) is 4.79 Å². The van der Waals surface area contributed by atoms with E-state index in [4.69, 9.17) is 4.74 Å². The maximum Gasteiger partial charge on any atom is 0.305 e. The molecule has 0 radical (unpaired) electrons. The predicted octanol–water partition coefficient (Wildman–Crippen LogP) is 5.41. The van der Waals surface area contributed by atoms with Crippen molar-refractivity contribution >= 4 is 5.97 Å². The van der Waals surface area contributed by atoms with Gasteiger partial charge in [0.05, 0.1) is 19.3 Å². The zero-order chi connectivity index (χ0) is 16.0. The largest absolute Gasteiger partial charge is 0.469 e. The molecule has 0 unspecified atom stereocenters. The third-order valence-electron chi connectivity index (χ3n) is 4.64. The maximum atomic E-state index is 11.0. The van der Waals surface area contributed by atoms with Gasteiger partial charge in [0.15, 0.2) is 0 Å². The fourth-order valence-corrected chi connectivity index (χ4v) is 3.06. The second-order valence-corrected chi connectivity index (χ2v) is 6.65. The van der Waals surface area contributed by atoms with Crippen molar-refractivity contribution < 1.29 is 14.3 Å². The standard InChI is InChI=1S/C19H36O3/c1-3-4-5-6-7-8-9-10-11-12-13-14-17-18(22-17)15-16-19(20)21-2/h17-18H,3-16H2,1-2H3/t17-,18+/m0/s1. The Hall–Kier alpha value is -0.570. The van der Waals surface area contributed by atoms with Crippen LogP contribution in [0.2, 0.25) is 0 Å². The molecule has 22 heavy (non-hydrogen) atoms. The van der Waals surface area contributed by atoms with Crippen molar-refractivity contribution in [1.29, 1.82) is 0 Å². The van der Waals surface area contributed by atoms with Crippen molar-refractivity contribution in [2.75, 3.05) is 7.11 Å². The van der Waals surface area contributed by atoms with E-state index < -0.39 is 0 Å². The average molecular weight is 312 g/mol. The minimum Gasteiger partial charge on any atom is -0.469 e. The van der Waals surface area contributed by atoms with Gasteiger partial charge in [-0.2, -0.15) is 0 Å². The highest BCUT2D eigenvalue weighted by Gasteiger charge is 2.37. The summed E-state index contributed by atoms with van der Waals surface area (Å²) in [6.45, 7) is 2.27. The lowest BCUT2D eigenvalue weighted by Gasteiger charge is -2.02. The molecule has 3 nitrogen and oxygen atoms in total. The van der Waals surface area contributed by atoms with Gasteiger partial charge in [0.1, 0.15) is 0 Å². The first-order chi connectivity index (χ1) is 10.8. The third kappa shape index (κ3) is 10.2. The van der Waals surface area contributed by atoms with Crippen LogP contribution in [0.3, 0.4) is 0 Å². The molecule has 0 saturated carbocycles. The van der Waals surface area contributed by atoms with Gasteiger partial charge in [0, 0.05) is 6.42 Å². The van der Waals surface area contributed by atoms with Crippen molar-refractivity contribution in [3.8, 4) is 0 Å². The summed E-state index contributed by atoms with van der Waals surface area (Å²) in [4.78, 5) is 11.0. The number of ether oxygens (including phenoxy) is 2. The molecule has 1 rings (SSSR count). The molecule has 1 aliphatic heterocycles. The highest BCUT2D eigenvalue weighted by molar-refractivity contribution is 5.69. The Kier molecular flexibility index (Phi) is 11.4. The van der Waals surface area contributed by atoms with Gasteiger partial charge in [-0.25, -0.2) is 0 Å². The smallest absolute Gasteiger partial charge is 0.305 e. The molecule has 1 saturated heterocycles. The molecule has 0 aromatic carbocycles. The summed E-state index contributed by atoms with van der Waals surface area (Å²) in [6.07, 6.45) is 18.5. The number of methoxy groups -OCH3 is 1. The molecule has 0 bridgehead atoms. The van der Waals surface area contributed by atoms with Crippen LogP contribution in [0, 0.1) is 0 Å². The molecule has 0 N–H and O–H groups in total. The fraction of sp³-hybridized carbons (Fsp3) is 0.947. The summed E-state index contributed by atoms with van der Waals surface area (Å²) in [7, 11) is 1.44. The molecule has 1 aliphatic rings. The van der Waals surface area contributed by atoms with Gasteiger partial charge in [-0.1, -0.05) is 77.6 Å². The lowest BCUT2D eigenvalue weighted by molar-refractivity contribution is -0.140. The Labute approximate surface area is 137 Å². The number of epoxide rings is 1. The number of hydrogen-bond acceptors (Lipinski definition) is 3. The number of hydrogen-bond donors (Lipinski definition) is 0. The van der Waals surface area contributed by atoms with Gasteiger partial charge < -0.3 is 9.47 Å². The molecule has 0 aromatic heterocycles. The van der Waals surface area contributed by atoms with E-state index in [0.717, 1.165) is 6.42 Å². The topological polar surface area (TPSA) is 38.8 Å². The maximum absolute atomic E-state index is 11.0. The molecule has 1 heterocycles. The number of carbonyl (C=O) groups excluding carboxylic acids is 1. The second kappa shape index (κ2) is 12.9. The Morgan fingerprint density at radius 2 is 1.32 bits per heavy atom. The Bertz CT molecular complexity index is 278. The van der Waals surface area contributed by atoms with Crippen LogP contribution in [0.15, 0.2) is 0 Å². The van der Waals surface area contributed by atoms with Gasteiger partial charge in [0.2, 0.25) is 0 Å². The summed E-state index contributed by atoms with van der Waals surface area (Å²) >= 11 is 0. The monoisotopic (exact) mass is 312 g/mol. The van der Waals surface area contributed by atoms with Crippen LogP contribution in [-0.4, -0.2) is 25.3 Å². The molecular weight excluding hydrogens is 276 g/mol. The second-order valence-electron chi connectivity index (χ2n) is 6.65. The number of esters is 1. The predicted molar refractivity (Wildman–Crippen MR) is 91.0 cm³/mol. The Morgan fingerprint density at radius 3 is 1.86 bits per heavy atom.